The molecule has 0 fully saturated rings. The van der Waals surface area contributed by atoms with E-state index in [0.717, 1.165) is 38.4 Å². The monoisotopic (exact) mass is 815 g/mol. The summed E-state index contributed by atoms with van der Waals surface area (Å²) < 4.78 is 0. The maximum Gasteiger partial charge on any atom is 0.243 e. The highest BCUT2D eigenvalue weighted by Gasteiger charge is 2.31. The van der Waals surface area contributed by atoms with Crippen molar-refractivity contribution in [2.45, 2.75) is 88.6 Å². The average molecular weight is 816 g/mol. The largest absolute Gasteiger partial charge is 0.376 e. The Kier molecular flexibility index (Phi) is 16.0. The van der Waals surface area contributed by atoms with Gasteiger partial charge in [-0.05, 0) is 79.6 Å². The molecule has 5 rings (SSSR count). The minimum Gasteiger partial charge on any atom is -0.376 e. The number of nitrogens with one attached hydrogen (secondary N) is 6. The number of para-hydroxylation sites is 1. The number of primary amides is 1. The maximum absolute atomic E-state index is 14.4. The lowest BCUT2D eigenvalue weighted by molar-refractivity contribution is -0.133. The summed E-state index contributed by atoms with van der Waals surface area (Å²) in [5.41, 5.74) is 20.9. The molecule has 0 radical (unpaired) electrons. The molecule has 0 bridgehead atoms. The van der Waals surface area contributed by atoms with Crippen molar-refractivity contribution < 1.29 is 24.0 Å². The van der Waals surface area contributed by atoms with E-state index >= 15 is 0 Å². The van der Waals surface area contributed by atoms with Crippen molar-refractivity contribution >= 4 is 51.2 Å². The second kappa shape index (κ2) is 21.5. The van der Waals surface area contributed by atoms with Crippen LogP contribution in [-0.2, 0) is 43.2 Å². The van der Waals surface area contributed by atoms with Gasteiger partial charge in [0.25, 0.3) is 0 Å². The highest BCUT2D eigenvalue weighted by molar-refractivity contribution is 5.95. The van der Waals surface area contributed by atoms with Gasteiger partial charge >= 0.3 is 0 Å². The summed E-state index contributed by atoms with van der Waals surface area (Å²) in [6, 6.07) is 25.1. The third-order valence-electron chi connectivity index (χ3n) is 10.5. The Bertz CT molecular complexity index is 2270. The van der Waals surface area contributed by atoms with Gasteiger partial charge in [-0.25, -0.2) is 0 Å². The topological polar surface area (TPSA) is 239 Å². The van der Waals surface area contributed by atoms with Gasteiger partial charge in [-0.2, -0.15) is 0 Å². The molecule has 0 aliphatic carbocycles. The van der Waals surface area contributed by atoms with Gasteiger partial charge in [0, 0.05) is 35.6 Å². The molecule has 4 aromatic carbocycles. The Morgan fingerprint density at radius 2 is 1.23 bits per heavy atom. The van der Waals surface area contributed by atoms with Crippen LogP contribution in [0.2, 0.25) is 0 Å². The van der Waals surface area contributed by atoms with E-state index in [2.05, 4.69) is 38.1 Å². The number of hydrogen-bond donors (Lipinski definition) is 9. The molecular weight excluding hydrogens is 759 g/mol. The fourth-order valence-electron chi connectivity index (χ4n) is 7.02. The molecule has 0 aliphatic rings. The Morgan fingerprint density at radius 1 is 0.633 bits per heavy atom. The number of aromatic nitrogens is 1. The van der Waals surface area contributed by atoms with Crippen LogP contribution in [0.15, 0.2) is 116 Å². The molecule has 0 saturated carbocycles. The van der Waals surface area contributed by atoms with Crippen molar-refractivity contribution in [3.05, 3.63) is 132 Å². The Morgan fingerprint density at radius 3 is 1.93 bits per heavy atom. The number of aromatic amines is 1. The number of carbonyl (C=O) groups excluding carboxylic acids is 5. The van der Waals surface area contributed by atoms with Crippen molar-refractivity contribution in [2.75, 3.05) is 6.54 Å². The molecule has 14 nitrogen and oxygen atoms in total. The zero-order valence-electron chi connectivity index (χ0n) is 34.2. The fourth-order valence-corrected chi connectivity index (χ4v) is 7.02. The summed E-state index contributed by atoms with van der Waals surface area (Å²) in [7, 11) is 0. The van der Waals surface area contributed by atoms with Gasteiger partial charge in [-0.1, -0.05) is 97.6 Å². The lowest BCUT2D eigenvalue weighted by Gasteiger charge is -2.28. The van der Waals surface area contributed by atoms with Gasteiger partial charge < -0.3 is 48.8 Å². The molecule has 1 aromatic heterocycles. The number of benzene rings is 4. The van der Waals surface area contributed by atoms with Gasteiger partial charge in [-0.3, -0.25) is 24.0 Å². The van der Waals surface area contributed by atoms with Crippen LogP contribution in [0.25, 0.3) is 21.7 Å². The van der Waals surface area contributed by atoms with E-state index in [1.165, 1.54) is 0 Å². The van der Waals surface area contributed by atoms with Crippen LogP contribution in [0.3, 0.4) is 0 Å². The molecule has 1 heterocycles. The predicted octanol–water partition coefficient (Wildman–Crippen LogP) is 2.74. The third kappa shape index (κ3) is 12.5. The highest BCUT2D eigenvalue weighted by Crippen LogP contribution is 2.21. The van der Waals surface area contributed by atoms with Crippen LogP contribution < -0.4 is 43.8 Å². The molecule has 0 saturated heterocycles. The molecule has 0 spiro atoms. The minimum absolute atomic E-state index is 0.0764. The smallest absolute Gasteiger partial charge is 0.243 e. The van der Waals surface area contributed by atoms with E-state index in [4.69, 9.17) is 17.2 Å². The Balaban J connectivity index is 1.37. The molecule has 6 atom stereocenters. The quantitative estimate of drug-likeness (QED) is 0.0470. The van der Waals surface area contributed by atoms with Crippen molar-refractivity contribution in [3.8, 4) is 0 Å². The summed E-state index contributed by atoms with van der Waals surface area (Å²) in [6.07, 6.45) is 3.83. The summed E-state index contributed by atoms with van der Waals surface area (Å²) >= 11 is 0. The Hall–Kier alpha value is -6.51. The van der Waals surface area contributed by atoms with Gasteiger partial charge in [0.1, 0.15) is 24.2 Å². The summed E-state index contributed by atoms with van der Waals surface area (Å²) in [5, 5.41) is 17.6. The molecule has 12 N–H and O–H groups in total. The lowest BCUT2D eigenvalue weighted by atomic mass is 9.99. The van der Waals surface area contributed by atoms with Crippen LogP contribution in [0.5, 0.6) is 0 Å². The van der Waals surface area contributed by atoms with E-state index in [1.54, 1.807) is 20.0 Å². The molecule has 1 unspecified atom stereocenters. The minimum atomic E-state index is -1.15. The first-order valence-corrected chi connectivity index (χ1v) is 20.3. The highest BCUT2D eigenvalue weighted by atomic mass is 16.2. The van der Waals surface area contributed by atoms with Crippen LogP contribution in [0.4, 0.5) is 0 Å². The molecule has 5 amide bonds. The number of rotatable bonds is 22. The van der Waals surface area contributed by atoms with Crippen LogP contribution in [0.1, 0.15) is 49.8 Å². The molecular formula is C46H57N9O5. The second-order valence-electron chi connectivity index (χ2n) is 15.3. The SMILES string of the molecule is C=C(N[C@H](C)C(=O)N[C@@H](Cc1c[nH]c2ccccc12)C(=O)N[C@H](Cc1ccccc1)C(=O)N[C@@H](CCCCN)C(N)=O)C(Cc1ccc2ccccc2c1)NC(=O)[C@@H](C)N. The van der Waals surface area contributed by atoms with Gasteiger partial charge in [0.15, 0.2) is 0 Å². The zero-order valence-corrected chi connectivity index (χ0v) is 34.2. The standard InChI is InChI=1S/C46H57N9O5/c1-28(48)43(57)53-39(25-32-20-21-33-15-7-8-16-34(33)23-32)29(2)51-30(3)44(58)54-41(26-35-27-50-37-18-10-9-17-36(35)37)46(60)55-40(24-31-13-5-4-6-14-31)45(59)52-38(42(49)56)19-11-12-22-47/h4-10,13-18,20-21,23,27-28,30,38-41,50-51H,2,11-12,19,22,24-26,47-48H2,1,3H3,(H2,49,56)(H,52,59)(H,53,57)(H,54,58)(H,55,60)/t28-,30-,38+,39?,40-,41+/m1/s1. The van der Waals surface area contributed by atoms with Crippen LogP contribution in [-0.4, -0.2) is 77.3 Å². The van der Waals surface area contributed by atoms with Crippen LogP contribution in [0, 0.1) is 0 Å². The number of hydrogen-bond acceptors (Lipinski definition) is 8. The van der Waals surface area contributed by atoms with Crippen molar-refractivity contribution in [3.63, 3.8) is 0 Å². The van der Waals surface area contributed by atoms with Gasteiger partial charge in [-0.15, -0.1) is 0 Å². The normalized spacial score (nSPS) is 14.2. The number of H-pyrrole nitrogens is 1. The maximum atomic E-state index is 14.4. The number of carbonyl (C=O) groups is 5. The van der Waals surface area contributed by atoms with Crippen LogP contribution >= 0.6 is 0 Å². The molecule has 60 heavy (non-hydrogen) atoms. The number of unbranched alkanes of at least 4 members (excludes halogenated alkanes) is 1. The first-order chi connectivity index (χ1) is 28.8. The first kappa shape index (κ1) is 44.6. The molecule has 316 valence electrons. The van der Waals surface area contributed by atoms with E-state index in [9.17, 15) is 24.0 Å². The summed E-state index contributed by atoms with van der Waals surface area (Å²) in [4.78, 5) is 70.7. The van der Waals surface area contributed by atoms with E-state index in [-0.39, 0.29) is 25.2 Å². The molecule has 0 aliphatic heterocycles. The van der Waals surface area contributed by atoms with Gasteiger partial charge in [0.2, 0.25) is 29.5 Å². The zero-order chi connectivity index (χ0) is 43.2. The number of amides is 5. The Labute approximate surface area is 350 Å². The van der Waals surface area contributed by atoms with E-state index < -0.39 is 59.9 Å². The van der Waals surface area contributed by atoms with E-state index in [0.29, 0.717) is 31.5 Å². The predicted molar refractivity (Wildman–Crippen MR) is 235 cm³/mol. The fraction of sp³-hybridized carbons (Fsp3) is 0.326. The van der Waals surface area contributed by atoms with Crippen molar-refractivity contribution in [2.24, 2.45) is 17.2 Å². The third-order valence-corrected chi connectivity index (χ3v) is 10.5. The summed E-state index contributed by atoms with van der Waals surface area (Å²) in [6.45, 7) is 7.84. The number of nitrogens with two attached hydrogens (primary N) is 3. The average Bonchev–Trinajstić information content (AvgIpc) is 3.65. The van der Waals surface area contributed by atoms with Crippen molar-refractivity contribution in [1.82, 2.24) is 31.6 Å². The second-order valence-corrected chi connectivity index (χ2v) is 15.3. The lowest BCUT2D eigenvalue weighted by Crippen LogP contribution is -2.58. The first-order valence-electron chi connectivity index (χ1n) is 20.3. The molecule has 5 aromatic rings. The number of fused-ring (bicyclic) bond motifs is 2. The molecule has 14 heteroatoms. The van der Waals surface area contributed by atoms with Gasteiger partial charge in [0.05, 0.1) is 12.1 Å². The summed E-state index contributed by atoms with van der Waals surface area (Å²) in [5.74, 6) is -2.83. The van der Waals surface area contributed by atoms with Crippen molar-refractivity contribution in [1.29, 1.82) is 0 Å². The van der Waals surface area contributed by atoms with E-state index in [1.807, 2.05) is 97.1 Å².